The van der Waals surface area contributed by atoms with Crippen LogP contribution >= 0.6 is 12.4 Å². The average molecular weight is 349 g/mol. The number of piperazine rings is 1. The van der Waals surface area contributed by atoms with Crippen LogP contribution in [0.5, 0.6) is 0 Å². The quantitative estimate of drug-likeness (QED) is 0.747. The second-order valence-electron chi connectivity index (χ2n) is 5.95. The molecule has 3 aromatic rings. The van der Waals surface area contributed by atoms with Gasteiger partial charge < -0.3 is 14.8 Å². The van der Waals surface area contributed by atoms with Gasteiger partial charge in [0.2, 0.25) is 5.89 Å². The van der Waals surface area contributed by atoms with Crippen molar-refractivity contribution in [3.8, 4) is 0 Å². The number of aromatic amines is 1. The molecule has 2 aromatic heterocycles. The highest BCUT2D eigenvalue weighted by Gasteiger charge is 2.25. The largest absolute Gasteiger partial charge is 0.342 e. The molecule has 1 aromatic carbocycles. The van der Waals surface area contributed by atoms with Gasteiger partial charge in [-0.3, -0.25) is 4.90 Å². The molecule has 7 nitrogen and oxygen atoms in total. The van der Waals surface area contributed by atoms with Crippen molar-refractivity contribution < 1.29 is 4.52 Å². The molecule has 1 unspecified atom stereocenters. The Bertz CT molecular complexity index is 768. The van der Waals surface area contributed by atoms with E-state index in [0.29, 0.717) is 12.3 Å². The number of aryl methyl sites for hydroxylation is 2. The van der Waals surface area contributed by atoms with Gasteiger partial charge in [-0.05, 0) is 19.2 Å². The second kappa shape index (κ2) is 7.29. The molecule has 8 heteroatoms. The molecule has 2 N–H and O–H groups in total. The summed E-state index contributed by atoms with van der Waals surface area (Å²) in [5, 5.41) is 7.51. The molecule has 0 saturated carbocycles. The van der Waals surface area contributed by atoms with Crippen LogP contribution in [0.4, 0.5) is 0 Å². The van der Waals surface area contributed by atoms with Gasteiger partial charge in [-0.1, -0.05) is 17.3 Å². The Morgan fingerprint density at radius 2 is 2.12 bits per heavy atom. The topological polar surface area (TPSA) is 82.9 Å². The lowest BCUT2D eigenvalue weighted by atomic mass is 10.2. The summed E-state index contributed by atoms with van der Waals surface area (Å²) >= 11 is 0. The highest BCUT2D eigenvalue weighted by Crippen LogP contribution is 2.18. The van der Waals surface area contributed by atoms with E-state index in [2.05, 4.69) is 37.4 Å². The number of benzene rings is 1. The maximum atomic E-state index is 5.40. The zero-order chi connectivity index (χ0) is 15.6. The number of hydrogen-bond donors (Lipinski definition) is 2. The summed E-state index contributed by atoms with van der Waals surface area (Å²) in [6, 6.07) is 8.22. The maximum Gasteiger partial charge on any atom is 0.227 e. The lowest BCUT2D eigenvalue weighted by Gasteiger charge is -2.30. The van der Waals surface area contributed by atoms with E-state index in [1.54, 1.807) is 0 Å². The molecule has 1 aliphatic heterocycles. The van der Waals surface area contributed by atoms with E-state index in [4.69, 9.17) is 4.52 Å². The number of fused-ring (bicyclic) bond motifs is 1. The highest BCUT2D eigenvalue weighted by molar-refractivity contribution is 5.85. The normalized spacial score (nSPS) is 18.6. The van der Waals surface area contributed by atoms with Crippen molar-refractivity contribution in [2.24, 2.45) is 0 Å². The standard InChI is InChI=1S/C16H20N6O.ClH/c1-22-9-8-17-10-13(22)16-20-15(23-21-16)7-6-14-18-11-4-2-3-5-12(11)19-14;/h2-5,13,17H,6-10H2,1H3,(H,18,19);1H. The summed E-state index contributed by atoms with van der Waals surface area (Å²) < 4.78 is 5.40. The van der Waals surface area contributed by atoms with Crippen molar-refractivity contribution >= 4 is 23.4 Å². The minimum Gasteiger partial charge on any atom is -0.342 e. The van der Waals surface area contributed by atoms with E-state index in [9.17, 15) is 0 Å². The van der Waals surface area contributed by atoms with Gasteiger partial charge in [0, 0.05) is 32.5 Å². The van der Waals surface area contributed by atoms with Gasteiger partial charge in [0.1, 0.15) is 5.82 Å². The number of likely N-dealkylation sites (N-methyl/N-ethyl adjacent to an activating group) is 1. The molecule has 3 heterocycles. The predicted octanol–water partition coefficient (Wildman–Crippen LogP) is 1.73. The third-order valence-electron chi connectivity index (χ3n) is 4.31. The van der Waals surface area contributed by atoms with Crippen LogP contribution in [0.15, 0.2) is 28.8 Å². The minimum absolute atomic E-state index is 0. The third-order valence-corrected chi connectivity index (χ3v) is 4.31. The fourth-order valence-corrected chi connectivity index (χ4v) is 2.95. The Balaban J connectivity index is 0.00000169. The van der Waals surface area contributed by atoms with Crippen LogP contribution in [0, 0.1) is 0 Å². The first-order valence-corrected chi connectivity index (χ1v) is 7.96. The summed E-state index contributed by atoms with van der Waals surface area (Å²) in [5.41, 5.74) is 2.05. The number of nitrogens with one attached hydrogen (secondary N) is 2. The van der Waals surface area contributed by atoms with Crippen LogP contribution in [-0.2, 0) is 12.8 Å². The molecular weight excluding hydrogens is 328 g/mol. The molecule has 0 bridgehead atoms. The number of aromatic nitrogens is 4. The van der Waals surface area contributed by atoms with E-state index in [1.807, 2.05) is 24.3 Å². The van der Waals surface area contributed by atoms with E-state index < -0.39 is 0 Å². The molecule has 1 atom stereocenters. The van der Waals surface area contributed by atoms with E-state index in [1.165, 1.54) is 0 Å². The number of para-hydroxylation sites is 2. The van der Waals surface area contributed by atoms with Crippen molar-refractivity contribution in [1.82, 2.24) is 30.3 Å². The fourth-order valence-electron chi connectivity index (χ4n) is 2.95. The molecule has 1 saturated heterocycles. The zero-order valence-corrected chi connectivity index (χ0v) is 14.3. The van der Waals surface area contributed by atoms with Crippen molar-refractivity contribution in [3.05, 3.63) is 41.8 Å². The van der Waals surface area contributed by atoms with Crippen LogP contribution in [0.1, 0.15) is 23.6 Å². The molecule has 4 rings (SSSR count). The van der Waals surface area contributed by atoms with Crippen molar-refractivity contribution in [1.29, 1.82) is 0 Å². The Labute approximate surface area is 146 Å². The summed E-state index contributed by atoms with van der Waals surface area (Å²) in [6.07, 6.45) is 1.45. The SMILES string of the molecule is CN1CCNCC1c1noc(CCc2nc3ccccc3[nH]2)n1.Cl. The number of nitrogens with zero attached hydrogens (tertiary/aromatic N) is 4. The van der Waals surface area contributed by atoms with Gasteiger partial charge in [0.15, 0.2) is 5.82 Å². The first-order chi connectivity index (χ1) is 11.3. The first kappa shape index (κ1) is 16.9. The first-order valence-electron chi connectivity index (χ1n) is 7.96. The van der Waals surface area contributed by atoms with Crippen LogP contribution in [0.2, 0.25) is 0 Å². The van der Waals surface area contributed by atoms with Gasteiger partial charge in [0.25, 0.3) is 0 Å². The van der Waals surface area contributed by atoms with E-state index in [0.717, 1.165) is 48.7 Å². The Hall–Kier alpha value is -1.96. The smallest absolute Gasteiger partial charge is 0.227 e. The molecule has 0 spiro atoms. The summed E-state index contributed by atoms with van der Waals surface area (Å²) in [6.45, 7) is 2.86. The van der Waals surface area contributed by atoms with Gasteiger partial charge in [0.05, 0.1) is 17.1 Å². The van der Waals surface area contributed by atoms with Crippen molar-refractivity contribution in [2.75, 3.05) is 26.7 Å². The molecule has 0 aliphatic carbocycles. The molecule has 24 heavy (non-hydrogen) atoms. The number of hydrogen-bond acceptors (Lipinski definition) is 6. The number of imidazole rings is 1. The fraction of sp³-hybridized carbons (Fsp3) is 0.438. The molecule has 128 valence electrons. The van der Waals surface area contributed by atoms with Crippen molar-refractivity contribution in [2.45, 2.75) is 18.9 Å². The summed E-state index contributed by atoms with van der Waals surface area (Å²) in [4.78, 5) is 14.7. The van der Waals surface area contributed by atoms with Crippen LogP contribution < -0.4 is 5.32 Å². The number of halogens is 1. The monoisotopic (exact) mass is 348 g/mol. The van der Waals surface area contributed by atoms with Gasteiger partial charge in [-0.25, -0.2) is 4.98 Å². The number of H-pyrrole nitrogens is 1. The molecule has 1 fully saturated rings. The molecule has 0 amide bonds. The van der Waals surface area contributed by atoms with E-state index >= 15 is 0 Å². The lowest BCUT2D eigenvalue weighted by molar-refractivity contribution is 0.190. The third kappa shape index (κ3) is 3.43. The minimum atomic E-state index is 0. The lowest BCUT2D eigenvalue weighted by Crippen LogP contribution is -2.44. The molecule has 0 radical (unpaired) electrons. The molecular formula is C16H21ClN6O. The Morgan fingerprint density at radius 1 is 1.25 bits per heavy atom. The zero-order valence-electron chi connectivity index (χ0n) is 13.5. The van der Waals surface area contributed by atoms with Crippen LogP contribution in [0.25, 0.3) is 11.0 Å². The number of rotatable bonds is 4. The Morgan fingerprint density at radius 3 is 2.96 bits per heavy atom. The molecule has 1 aliphatic rings. The van der Waals surface area contributed by atoms with Gasteiger partial charge in [-0.15, -0.1) is 12.4 Å². The maximum absolute atomic E-state index is 5.40. The highest BCUT2D eigenvalue weighted by atomic mass is 35.5. The van der Waals surface area contributed by atoms with Crippen molar-refractivity contribution in [3.63, 3.8) is 0 Å². The van der Waals surface area contributed by atoms with Crippen LogP contribution in [-0.4, -0.2) is 51.7 Å². The summed E-state index contributed by atoms with van der Waals surface area (Å²) in [7, 11) is 2.09. The Kier molecular flexibility index (Phi) is 5.13. The van der Waals surface area contributed by atoms with Gasteiger partial charge in [-0.2, -0.15) is 4.98 Å². The predicted molar refractivity (Wildman–Crippen MR) is 93.3 cm³/mol. The van der Waals surface area contributed by atoms with Crippen LogP contribution in [0.3, 0.4) is 0 Å². The summed E-state index contributed by atoms with van der Waals surface area (Å²) in [5.74, 6) is 2.38. The second-order valence-corrected chi connectivity index (χ2v) is 5.95. The van der Waals surface area contributed by atoms with Gasteiger partial charge >= 0.3 is 0 Å². The average Bonchev–Trinajstić information content (AvgIpc) is 3.19. The van der Waals surface area contributed by atoms with E-state index in [-0.39, 0.29) is 18.4 Å².